The molecule has 33 heavy (non-hydrogen) atoms. The number of ether oxygens (including phenoxy) is 1. The standard InChI is InChI=1S/C28H35NO3S/c1-4-28(2,3)25(30)26(31)29-19-12-11-17-24(29)27(33)32-20-18-23(21-13-7-5-8-14-21)22-15-9-6-10-16-22/h5-10,13-16,23-24H,4,11-12,17-20H2,1-3H3. The van der Waals surface area contributed by atoms with Gasteiger partial charge in [-0.05, 0) is 55.4 Å². The van der Waals surface area contributed by atoms with Crippen LogP contribution >= 0.6 is 12.2 Å². The highest BCUT2D eigenvalue weighted by molar-refractivity contribution is 7.80. The van der Waals surface area contributed by atoms with E-state index in [4.69, 9.17) is 17.0 Å². The van der Waals surface area contributed by atoms with E-state index in [1.54, 1.807) is 4.90 Å². The van der Waals surface area contributed by atoms with Gasteiger partial charge in [0.2, 0.25) is 5.78 Å². The largest absolute Gasteiger partial charge is 0.485 e. The smallest absolute Gasteiger partial charge is 0.291 e. The number of nitrogens with zero attached hydrogens (tertiary/aromatic N) is 1. The third-order valence-electron chi connectivity index (χ3n) is 6.78. The number of hydrogen-bond acceptors (Lipinski definition) is 4. The molecular formula is C28H35NO3S. The number of rotatable bonds is 9. The Morgan fingerprint density at radius 1 is 1.03 bits per heavy atom. The molecule has 2 aromatic rings. The molecule has 0 aromatic heterocycles. The summed E-state index contributed by atoms with van der Waals surface area (Å²) in [4.78, 5) is 27.5. The number of hydrogen-bond donors (Lipinski definition) is 0. The van der Waals surface area contributed by atoms with Crippen LogP contribution in [0.4, 0.5) is 0 Å². The zero-order valence-corrected chi connectivity index (χ0v) is 20.8. The first-order valence-corrected chi connectivity index (χ1v) is 12.4. The summed E-state index contributed by atoms with van der Waals surface area (Å²) in [5.74, 6) is -0.567. The Balaban J connectivity index is 1.66. The van der Waals surface area contributed by atoms with E-state index in [0.29, 0.717) is 24.6 Å². The number of ketones is 1. The monoisotopic (exact) mass is 465 g/mol. The Bertz CT molecular complexity index is 903. The summed E-state index contributed by atoms with van der Waals surface area (Å²) in [5.41, 5.74) is 1.81. The van der Waals surface area contributed by atoms with Crippen LogP contribution in [-0.2, 0) is 14.3 Å². The average molecular weight is 466 g/mol. The van der Waals surface area contributed by atoms with Crippen LogP contribution in [0, 0.1) is 5.41 Å². The van der Waals surface area contributed by atoms with E-state index in [1.807, 2.05) is 32.9 Å². The molecule has 1 heterocycles. The second kappa shape index (κ2) is 11.6. The van der Waals surface area contributed by atoms with Gasteiger partial charge < -0.3 is 9.64 Å². The number of benzene rings is 2. The number of piperidine rings is 1. The maximum Gasteiger partial charge on any atom is 0.291 e. The molecule has 3 rings (SSSR count). The van der Waals surface area contributed by atoms with Gasteiger partial charge in [-0.15, -0.1) is 0 Å². The third-order valence-corrected chi connectivity index (χ3v) is 7.17. The maximum atomic E-state index is 13.0. The number of amides is 1. The number of carbonyl (C=O) groups is 2. The molecule has 1 aliphatic rings. The van der Waals surface area contributed by atoms with E-state index >= 15 is 0 Å². The van der Waals surface area contributed by atoms with Gasteiger partial charge in [0.05, 0.1) is 6.61 Å². The minimum absolute atomic E-state index is 0.200. The van der Waals surface area contributed by atoms with Gasteiger partial charge in [-0.2, -0.15) is 0 Å². The van der Waals surface area contributed by atoms with Crippen molar-refractivity contribution in [2.24, 2.45) is 5.41 Å². The molecule has 1 amide bonds. The lowest BCUT2D eigenvalue weighted by Crippen LogP contribution is -2.52. The summed E-state index contributed by atoms with van der Waals surface area (Å²) in [6, 6.07) is 20.5. The first kappa shape index (κ1) is 25.1. The highest BCUT2D eigenvalue weighted by atomic mass is 32.1. The van der Waals surface area contributed by atoms with E-state index in [-0.39, 0.29) is 17.7 Å². The van der Waals surface area contributed by atoms with Crippen molar-refractivity contribution in [3.63, 3.8) is 0 Å². The highest BCUT2D eigenvalue weighted by Gasteiger charge is 2.39. The van der Waals surface area contributed by atoms with Crippen molar-refractivity contribution in [1.82, 2.24) is 4.90 Å². The summed E-state index contributed by atoms with van der Waals surface area (Å²) >= 11 is 5.64. The van der Waals surface area contributed by atoms with Gasteiger partial charge in [-0.25, -0.2) is 0 Å². The summed E-state index contributed by atoms with van der Waals surface area (Å²) < 4.78 is 6.05. The van der Waals surface area contributed by atoms with Gasteiger partial charge in [0.15, 0.2) is 5.05 Å². The fourth-order valence-electron chi connectivity index (χ4n) is 4.27. The van der Waals surface area contributed by atoms with Crippen LogP contribution in [0.2, 0.25) is 0 Å². The lowest BCUT2D eigenvalue weighted by Gasteiger charge is -2.36. The second-order valence-electron chi connectivity index (χ2n) is 9.41. The molecule has 0 aliphatic carbocycles. The number of thiocarbonyl (C=S) groups is 1. The Labute approximate surface area is 203 Å². The first-order chi connectivity index (χ1) is 15.8. The van der Waals surface area contributed by atoms with Crippen molar-refractivity contribution < 1.29 is 14.3 Å². The molecule has 4 nitrogen and oxygen atoms in total. The molecule has 0 spiro atoms. The molecule has 0 N–H and O–H groups in total. The van der Waals surface area contributed by atoms with Gasteiger partial charge in [0.25, 0.3) is 5.91 Å². The molecule has 1 aliphatic heterocycles. The lowest BCUT2D eigenvalue weighted by atomic mass is 9.84. The van der Waals surface area contributed by atoms with Gasteiger partial charge in [0.1, 0.15) is 6.04 Å². The van der Waals surface area contributed by atoms with Crippen molar-refractivity contribution in [3.8, 4) is 0 Å². The van der Waals surface area contributed by atoms with Gasteiger partial charge in [-0.3, -0.25) is 9.59 Å². The van der Waals surface area contributed by atoms with Crippen LogP contribution < -0.4 is 0 Å². The third kappa shape index (κ3) is 6.29. The van der Waals surface area contributed by atoms with Crippen molar-refractivity contribution in [2.75, 3.05) is 13.2 Å². The quantitative estimate of drug-likeness (QED) is 0.340. The van der Waals surface area contributed by atoms with E-state index in [0.717, 1.165) is 25.7 Å². The minimum Gasteiger partial charge on any atom is -0.485 e. The van der Waals surface area contributed by atoms with E-state index in [2.05, 4.69) is 48.5 Å². The topological polar surface area (TPSA) is 46.6 Å². The maximum absolute atomic E-state index is 13.0. The normalized spacial score (nSPS) is 16.5. The second-order valence-corrected chi connectivity index (χ2v) is 9.81. The Morgan fingerprint density at radius 2 is 1.61 bits per heavy atom. The molecule has 1 unspecified atom stereocenters. The SMILES string of the molecule is CCC(C)(C)C(=O)C(=O)N1CCCCC1C(=S)OCCC(c1ccccc1)c1ccccc1. The fraction of sp³-hybridized carbons (Fsp3) is 0.464. The Hall–Kier alpha value is -2.53. The van der Waals surface area contributed by atoms with Crippen LogP contribution in [0.3, 0.4) is 0 Å². The van der Waals surface area contributed by atoms with E-state index in [9.17, 15) is 9.59 Å². The number of Topliss-reactive ketones (excluding diaryl/α,β-unsaturated/α-hetero) is 1. The molecule has 0 radical (unpaired) electrons. The van der Waals surface area contributed by atoms with Crippen molar-refractivity contribution in [2.45, 2.75) is 64.8 Å². The van der Waals surface area contributed by atoms with Crippen LogP contribution in [-0.4, -0.2) is 40.8 Å². The first-order valence-electron chi connectivity index (χ1n) is 12.0. The van der Waals surface area contributed by atoms with Crippen molar-refractivity contribution in [1.29, 1.82) is 0 Å². The molecular weight excluding hydrogens is 430 g/mol. The predicted molar refractivity (Wildman–Crippen MR) is 136 cm³/mol. The van der Waals surface area contributed by atoms with E-state index in [1.165, 1.54) is 11.1 Å². The number of likely N-dealkylation sites (tertiary alicyclic amines) is 1. The molecule has 0 bridgehead atoms. The van der Waals surface area contributed by atoms with Gasteiger partial charge in [-0.1, -0.05) is 81.4 Å². The molecule has 2 aromatic carbocycles. The average Bonchev–Trinajstić information content (AvgIpc) is 2.86. The molecule has 176 valence electrons. The lowest BCUT2D eigenvalue weighted by molar-refractivity contribution is -0.150. The van der Waals surface area contributed by atoms with Crippen molar-refractivity contribution in [3.05, 3.63) is 71.8 Å². The van der Waals surface area contributed by atoms with Gasteiger partial charge in [0, 0.05) is 17.9 Å². The van der Waals surface area contributed by atoms with E-state index < -0.39 is 11.3 Å². The molecule has 1 saturated heterocycles. The predicted octanol–water partition coefficient (Wildman–Crippen LogP) is 5.94. The molecule has 1 atom stereocenters. The van der Waals surface area contributed by atoms with Crippen LogP contribution in [0.25, 0.3) is 0 Å². The summed E-state index contributed by atoms with van der Waals surface area (Å²) in [6.07, 6.45) is 3.99. The molecule has 1 fully saturated rings. The summed E-state index contributed by atoms with van der Waals surface area (Å²) in [7, 11) is 0. The van der Waals surface area contributed by atoms with Crippen LogP contribution in [0.1, 0.15) is 69.9 Å². The van der Waals surface area contributed by atoms with Crippen LogP contribution in [0.5, 0.6) is 0 Å². The summed E-state index contributed by atoms with van der Waals surface area (Å²) in [5, 5.41) is 0.421. The summed E-state index contributed by atoms with van der Waals surface area (Å²) in [6.45, 7) is 6.60. The number of carbonyl (C=O) groups excluding carboxylic acids is 2. The van der Waals surface area contributed by atoms with Crippen molar-refractivity contribution >= 4 is 29.0 Å². The van der Waals surface area contributed by atoms with Crippen LogP contribution in [0.15, 0.2) is 60.7 Å². The van der Waals surface area contributed by atoms with Gasteiger partial charge >= 0.3 is 0 Å². The Kier molecular flexibility index (Phi) is 8.79. The Morgan fingerprint density at radius 3 is 2.15 bits per heavy atom. The zero-order chi connectivity index (χ0) is 23.8. The zero-order valence-electron chi connectivity index (χ0n) is 20.0. The highest BCUT2D eigenvalue weighted by Crippen LogP contribution is 2.29. The minimum atomic E-state index is -0.667. The molecule has 0 saturated carbocycles. The molecule has 5 heteroatoms. The fourth-order valence-corrected chi connectivity index (χ4v) is 4.60.